The van der Waals surface area contributed by atoms with Gasteiger partial charge in [-0.1, -0.05) is 31.9 Å². The molecule has 1 aliphatic carbocycles. The van der Waals surface area contributed by atoms with E-state index in [0.717, 1.165) is 16.9 Å². The third-order valence-corrected chi connectivity index (χ3v) is 4.55. The van der Waals surface area contributed by atoms with Crippen LogP contribution in [0.5, 0.6) is 0 Å². The van der Waals surface area contributed by atoms with Crippen molar-refractivity contribution < 1.29 is 4.79 Å². The van der Waals surface area contributed by atoms with Gasteiger partial charge in [-0.15, -0.1) is 12.6 Å². The summed E-state index contributed by atoms with van der Waals surface area (Å²) in [5, 5.41) is 0. The number of rotatable bonds is 3. The molecular formula is C16H23NOS. The highest BCUT2D eigenvalue weighted by molar-refractivity contribution is 7.80. The first kappa shape index (κ1) is 14.4. The average Bonchev–Trinajstić information content (AvgIpc) is 2.41. The fourth-order valence-corrected chi connectivity index (χ4v) is 3.12. The lowest BCUT2D eigenvalue weighted by atomic mass is 9.85. The predicted octanol–water partition coefficient (Wildman–Crippen LogP) is 3.55. The topological polar surface area (TPSA) is 20.3 Å². The molecule has 1 aromatic rings. The minimum Gasteiger partial charge on any atom is -0.342 e. The second-order valence-corrected chi connectivity index (χ2v) is 6.19. The number of carbonyl (C=O) groups excluding carboxylic acids is 1. The van der Waals surface area contributed by atoms with E-state index in [9.17, 15) is 4.79 Å². The predicted molar refractivity (Wildman–Crippen MR) is 81.6 cm³/mol. The lowest BCUT2D eigenvalue weighted by Crippen LogP contribution is -2.43. The minimum absolute atomic E-state index is 0.227. The molecule has 0 N–H and O–H groups in total. The highest BCUT2D eigenvalue weighted by Crippen LogP contribution is 2.27. The number of amides is 1. The summed E-state index contributed by atoms with van der Waals surface area (Å²) in [5.74, 6) is 0.855. The molecule has 1 saturated carbocycles. The zero-order chi connectivity index (χ0) is 13.8. The Morgan fingerprint density at radius 3 is 2.53 bits per heavy atom. The Morgan fingerprint density at radius 1 is 1.26 bits per heavy atom. The molecule has 0 spiro atoms. The van der Waals surface area contributed by atoms with Crippen molar-refractivity contribution in [2.24, 2.45) is 5.92 Å². The van der Waals surface area contributed by atoms with Crippen molar-refractivity contribution in [1.82, 2.24) is 4.90 Å². The SMILES string of the molecule is CC1CCCCC1N(C)C(=O)Cc1ccc(S)cc1. The molecule has 1 aliphatic rings. The molecule has 1 aromatic carbocycles. The van der Waals surface area contributed by atoms with Gasteiger partial charge in [0.25, 0.3) is 0 Å². The molecule has 19 heavy (non-hydrogen) atoms. The number of carbonyl (C=O) groups is 1. The Bertz CT molecular complexity index is 429. The number of hydrogen-bond acceptors (Lipinski definition) is 2. The maximum Gasteiger partial charge on any atom is 0.226 e. The van der Waals surface area contributed by atoms with Crippen molar-refractivity contribution in [2.45, 2.75) is 50.0 Å². The van der Waals surface area contributed by atoms with Crippen LogP contribution in [0.25, 0.3) is 0 Å². The van der Waals surface area contributed by atoms with Crippen LogP contribution in [0.3, 0.4) is 0 Å². The Labute approximate surface area is 121 Å². The Morgan fingerprint density at radius 2 is 1.89 bits per heavy atom. The van der Waals surface area contributed by atoms with Gasteiger partial charge in [-0.3, -0.25) is 4.79 Å². The second-order valence-electron chi connectivity index (χ2n) is 5.68. The van der Waals surface area contributed by atoms with Gasteiger partial charge in [0.05, 0.1) is 6.42 Å². The summed E-state index contributed by atoms with van der Waals surface area (Å²) in [6.07, 6.45) is 5.45. The van der Waals surface area contributed by atoms with Crippen LogP contribution in [-0.4, -0.2) is 23.9 Å². The Balaban J connectivity index is 1.96. The number of nitrogens with zero attached hydrogens (tertiary/aromatic N) is 1. The summed E-state index contributed by atoms with van der Waals surface area (Å²) in [6.45, 7) is 2.27. The standard InChI is InChI=1S/C16H23NOS/c1-12-5-3-4-6-15(12)17(2)16(18)11-13-7-9-14(19)10-8-13/h7-10,12,15,19H,3-6,11H2,1-2H3. The third-order valence-electron chi connectivity index (χ3n) is 4.25. The molecule has 104 valence electrons. The van der Waals surface area contributed by atoms with E-state index >= 15 is 0 Å². The normalized spacial score (nSPS) is 23.1. The summed E-state index contributed by atoms with van der Waals surface area (Å²) in [7, 11) is 1.96. The van der Waals surface area contributed by atoms with Gasteiger partial charge in [0, 0.05) is 18.0 Å². The minimum atomic E-state index is 0.227. The molecule has 2 rings (SSSR count). The first-order chi connectivity index (χ1) is 9.08. The van der Waals surface area contributed by atoms with E-state index in [1.165, 1.54) is 19.3 Å². The van der Waals surface area contributed by atoms with Crippen molar-refractivity contribution in [1.29, 1.82) is 0 Å². The number of hydrogen-bond donors (Lipinski definition) is 1. The highest BCUT2D eigenvalue weighted by Gasteiger charge is 2.27. The van der Waals surface area contributed by atoms with E-state index in [-0.39, 0.29) is 5.91 Å². The van der Waals surface area contributed by atoms with E-state index in [2.05, 4.69) is 19.6 Å². The molecule has 0 aliphatic heterocycles. The fraction of sp³-hybridized carbons (Fsp3) is 0.562. The molecule has 1 fully saturated rings. The Hall–Kier alpha value is -0.960. The van der Waals surface area contributed by atoms with Crippen LogP contribution >= 0.6 is 12.6 Å². The molecule has 0 aromatic heterocycles. The maximum atomic E-state index is 12.3. The molecule has 2 unspecified atom stereocenters. The van der Waals surface area contributed by atoms with Crippen molar-refractivity contribution >= 4 is 18.5 Å². The summed E-state index contributed by atoms with van der Waals surface area (Å²) in [5.41, 5.74) is 1.07. The molecule has 0 heterocycles. The van der Waals surface area contributed by atoms with Crippen LogP contribution in [0, 0.1) is 5.92 Å². The number of thiol groups is 1. The number of benzene rings is 1. The average molecular weight is 277 g/mol. The summed E-state index contributed by atoms with van der Waals surface area (Å²) in [4.78, 5) is 15.3. The summed E-state index contributed by atoms with van der Waals surface area (Å²) < 4.78 is 0. The van der Waals surface area contributed by atoms with Gasteiger partial charge >= 0.3 is 0 Å². The van der Waals surface area contributed by atoms with Crippen molar-refractivity contribution in [2.75, 3.05) is 7.05 Å². The van der Waals surface area contributed by atoms with E-state index in [0.29, 0.717) is 18.4 Å². The third kappa shape index (κ3) is 3.75. The van der Waals surface area contributed by atoms with Gasteiger partial charge in [0.2, 0.25) is 5.91 Å². The van der Waals surface area contributed by atoms with E-state index < -0.39 is 0 Å². The molecule has 0 radical (unpaired) electrons. The molecule has 3 heteroatoms. The van der Waals surface area contributed by atoms with Gasteiger partial charge in [0.15, 0.2) is 0 Å². The van der Waals surface area contributed by atoms with Gasteiger partial charge in [0.1, 0.15) is 0 Å². The molecule has 0 saturated heterocycles. The van der Waals surface area contributed by atoms with Gasteiger partial charge < -0.3 is 4.90 Å². The zero-order valence-corrected chi connectivity index (χ0v) is 12.7. The van der Waals surface area contributed by atoms with Crippen LogP contribution in [-0.2, 0) is 11.2 Å². The number of likely N-dealkylation sites (N-methyl/N-ethyl adjacent to an activating group) is 1. The van der Waals surface area contributed by atoms with Gasteiger partial charge in [-0.05, 0) is 36.5 Å². The molecule has 2 nitrogen and oxygen atoms in total. The smallest absolute Gasteiger partial charge is 0.226 e. The maximum absolute atomic E-state index is 12.3. The van der Waals surface area contributed by atoms with Crippen molar-refractivity contribution in [3.8, 4) is 0 Å². The summed E-state index contributed by atoms with van der Waals surface area (Å²) >= 11 is 4.26. The van der Waals surface area contributed by atoms with Crippen LogP contribution in [0.4, 0.5) is 0 Å². The van der Waals surface area contributed by atoms with E-state index in [1.54, 1.807) is 0 Å². The van der Waals surface area contributed by atoms with E-state index in [4.69, 9.17) is 0 Å². The largest absolute Gasteiger partial charge is 0.342 e. The second kappa shape index (κ2) is 6.47. The van der Waals surface area contributed by atoms with Crippen LogP contribution in [0.15, 0.2) is 29.2 Å². The van der Waals surface area contributed by atoms with Crippen molar-refractivity contribution in [3.05, 3.63) is 29.8 Å². The van der Waals surface area contributed by atoms with Gasteiger partial charge in [-0.25, -0.2) is 0 Å². The zero-order valence-electron chi connectivity index (χ0n) is 11.8. The molecule has 1 amide bonds. The molecule has 0 bridgehead atoms. The highest BCUT2D eigenvalue weighted by atomic mass is 32.1. The lowest BCUT2D eigenvalue weighted by molar-refractivity contribution is -0.132. The van der Waals surface area contributed by atoms with E-state index in [1.807, 2.05) is 36.2 Å². The van der Waals surface area contributed by atoms with Gasteiger partial charge in [-0.2, -0.15) is 0 Å². The Kier molecular flexibility index (Phi) is 4.92. The van der Waals surface area contributed by atoms with Crippen LogP contribution in [0.1, 0.15) is 38.2 Å². The quantitative estimate of drug-likeness (QED) is 0.838. The van der Waals surface area contributed by atoms with Crippen LogP contribution < -0.4 is 0 Å². The monoisotopic (exact) mass is 277 g/mol. The van der Waals surface area contributed by atoms with Crippen LogP contribution in [0.2, 0.25) is 0 Å². The molecule has 2 atom stereocenters. The van der Waals surface area contributed by atoms with Crippen molar-refractivity contribution in [3.63, 3.8) is 0 Å². The fourth-order valence-electron chi connectivity index (χ4n) is 2.97. The first-order valence-corrected chi connectivity index (χ1v) is 7.56. The lowest BCUT2D eigenvalue weighted by Gasteiger charge is -2.36. The molecular weight excluding hydrogens is 254 g/mol. The first-order valence-electron chi connectivity index (χ1n) is 7.11. The summed E-state index contributed by atoms with van der Waals surface area (Å²) in [6, 6.07) is 8.27.